The molecular formula is C11H14N6O2. The number of aromatic nitrogens is 4. The molecule has 2 aromatic rings. The van der Waals surface area contributed by atoms with Crippen molar-refractivity contribution in [3.05, 3.63) is 29.8 Å². The molecule has 0 unspecified atom stereocenters. The number of carbonyl (C=O) groups excluding carboxylic acids is 1. The van der Waals surface area contributed by atoms with Crippen LogP contribution < -0.4 is 11.5 Å². The number of carbonyl (C=O) groups is 1. The Morgan fingerprint density at radius 1 is 1.47 bits per heavy atom. The van der Waals surface area contributed by atoms with Crippen molar-refractivity contribution in [3.63, 3.8) is 0 Å². The number of amides is 1. The van der Waals surface area contributed by atoms with E-state index in [-0.39, 0.29) is 12.3 Å². The van der Waals surface area contributed by atoms with Gasteiger partial charge < -0.3 is 16.2 Å². The van der Waals surface area contributed by atoms with Gasteiger partial charge in [0.1, 0.15) is 18.1 Å². The Hall–Kier alpha value is -2.48. The molecule has 0 aliphatic rings. The molecular weight excluding hydrogens is 248 g/mol. The van der Waals surface area contributed by atoms with Gasteiger partial charge in [-0.2, -0.15) is 5.10 Å². The first kappa shape index (κ1) is 13.0. The summed E-state index contributed by atoms with van der Waals surface area (Å²) in [4.78, 5) is 19.3. The molecule has 0 aliphatic heterocycles. The second-order valence-corrected chi connectivity index (χ2v) is 3.71. The van der Waals surface area contributed by atoms with Gasteiger partial charge in [-0.25, -0.2) is 14.6 Å². The lowest BCUT2D eigenvalue weighted by Crippen LogP contribution is -2.13. The average Bonchev–Trinajstić information content (AvgIpc) is 2.85. The van der Waals surface area contributed by atoms with Crippen molar-refractivity contribution in [2.75, 3.05) is 12.3 Å². The van der Waals surface area contributed by atoms with Crippen LogP contribution in [0.3, 0.4) is 0 Å². The lowest BCUT2D eigenvalue weighted by atomic mass is 10.4. The van der Waals surface area contributed by atoms with Gasteiger partial charge in [0, 0.05) is 18.9 Å². The summed E-state index contributed by atoms with van der Waals surface area (Å²) in [5.41, 5.74) is 11.0. The Labute approximate surface area is 109 Å². The van der Waals surface area contributed by atoms with E-state index in [1.165, 1.54) is 10.7 Å². The molecule has 0 radical (unpaired) electrons. The molecule has 4 N–H and O–H groups in total. The predicted molar refractivity (Wildman–Crippen MR) is 67.4 cm³/mol. The number of anilines is 1. The first-order chi connectivity index (χ1) is 9.10. The molecule has 0 saturated heterocycles. The Kier molecular flexibility index (Phi) is 3.71. The van der Waals surface area contributed by atoms with E-state index in [4.69, 9.17) is 16.2 Å². The third-order valence-corrected chi connectivity index (χ3v) is 2.29. The van der Waals surface area contributed by atoms with Gasteiger partial charge in [0.15, 0.2) is 11.6 Å². The van der Waals surface area contributed by atoms with Gasteiger partial charge in [0.05, 0.1) is 0 Å². The zero-order chi connectivity index (χ0) is 13.8. The average molecular weight is 262 g/mol. The van der Waals surface area contributed by atoms with Crippen LogP contribution in [0.1, 0.15) is 23.2 Å². The normalized spacial score (nSPS) is 10.6. The Balaban J connectivity index is 2.32. The molecule has 0 aliphatic carbocycles. The van der Waals surface area contributed by atoms with Gasteiger partial charge in [-0.1, -0.05) is 0 Å². The van der Waals surface area contributed by atoms with Gasteiger partial charge in [0.2, 0.25) is 0 Å². The summed E-state index contributed by atoms with van der Waals surface area (Å²) in [6.07, 6.45) is 1.58. The Morgan fingerprint density at radius 3 is 2.89 bits per heavy atom. The van der Waals surface area contributed by atoms with Gasteiger partial charge in [0.25, 0.3) is 5.91 Å². The fourth-order valence-corrected chi connectivity index (χ4v) is 1.46. The van der Waals surface area contributed by atoms with Crippen molar-refractivity contribution >= 4 is 11.7 Å². The van der Waals surface area contributed by atoms with Crippen LogP contribution in [0, 0.1) is 0 Å². The first-order valence-corrected chi connectivity index (χ1v) is 5.67. The lowest BCUT2D eigenvalue weighted by Gasteiger charge is -2.05. The van der Waals surface area contributed by atoms with Crippen molar-refractivity contribution < 1.29 is 9.53 Å². The number of primary amides is 1. The fraction of sp³-hybridized carbons (Fsp3) is 0.273. The van der Waals surface area contributed by atoms with Crippen molar-refractivity contribution in [2.45, 2.75) is 13.5 Å². The summed E-state index contributed by atoms with van der Waals surface area (Å²) in [6, 6.07) is 3.05. The van der Waals surface area contributed by atoms with Crippen LogP contribution in [0.4, 0.5) is 5.82 Å². The first-order valence-electron chi connectivity index (χ1n) is 5.67. The molecule has 0 atom stereocenters. The van der Waals surface area contributed by atoms with E-state index in [0.29, 0.717) is 24.1 Å². The zero-order valence-electron chi connectivity index (χ0n) is 10.4. The van der Waals surface area contributed by atoms with E-state index in [1.807, 2.05) is 6.92 Å². The van der Waals surface area contributed by atoms with Gasteiger partial charge in [-0.3, -0.25) is 4.79 Å². The maximum atomic E-state index is 11.0. The molecule has 0 fully saturated rings. The minimum Gasteiger partial charge on any atom is -0.384 e. The molecule has 8 nitrogen and oxygen atoms in total. The SMILES string of the molecule is CCOCc1nc(N)cc(-n2ccc(C(N)=O)n2)n1. The largest absolute Gasteiger partial charge is 0.384 e. The summed E-state index contributed by atoms with van der Waals surface area (Å²) < 4.78 is 6.63. The topological polar surface area (TPSA) is 122 Å². The van der Waals surface area contributed by atoms with E-state index < -0.39 is 5.91 Å². The number of hydrogen-bond acceptors (Lipinski definition) is 6. The summed E-state index contributed by atoms with van der Waals surface area (Å²) in [6.45, 7) is 2.69. The van der Waals surface area contributed by atoms with Gasteiger partial charge >= 0.3 is 0 Å². The van der Waals surface area contributed by atoms with E-state index in [0.717, 1.165) is 0 Å². The second kappa shape index (κ2) is 5.44. The van der Waals surface area contributed by atoms with Crippen molar-refractivity contribution in [3.8, 4) is 5.82 Å². The molecule has 0 bridgehead atoms. The van der Waals surface area contributed by atoms with Gasteiger partial charge in [-0.15, -0.1) is 0 Å². The highest BCUT2D eigenvalue weighted by atomic mass is 16.5. The molecule has 100 valence electrons. The molecule has 2 heterocycles. The number of hydrogen-bond donors (Lipinski definition) is 2. The molecule has 0 spiro atoms. The number of nitrogens with zero attached hydrogens (tertiary/aromatic N) is 4. The van der Waals surface area contributed by atoms with Crippen molar-refractivity contribution in [1.82, 2.24) is 19.7 Å². The van der Waals surface area contributed by atoms with E-state index in [1.54, 1.807) is 12.3 Å². The van der Waals surface area contributed by atoms with E-state index >= 15 is 0 Å². The second-order valence-electron chi connectivity index (χ2n) is 3.71. The number of nitrogen functional groups attached to an aromatic ring is 1. The monoisotopic (exact) mass is 262 g/mol. The minimum atomic E-state index is -0.602. The van der Waals surface area contributed by atoms with Crippen LogP contribution in [0.25, 0.3) is 5.82 Å². The molecule has 0 aromatic carbocycles. The maximum Gasteiger partial charge on any atom is 0.269 e. The number of nitrogens with two attached hydrogens (primary N) is 2. The summed E-state index contributed by atoms with van der Waals surface area (Å²) in [5.74, 6) is 0.605. The quantitative estimate of drug-likeness (QED) is 0.774. The summed E-state index contributed by atoms with van der Waals surface area (Å²) >= 11 is 0. The van der Waals surface area contributed by atoms with E-state index in [9.17, 15) is 4.79 Å². The maximum absolute atomic E-state index is 11.0. The van der Waals surface area contributed by atoms with Crippen molar-refractivity contribution in [1.29, 1.82) is 0 Å². The van der Waals surface area contributed by atoms with Crippen LogP contribution in [0.2, 0.25) is 0 Å². The third-order valence-electron chi connectivity index (χ3n) is 2.29. The van der Waals surface area contributed by atoms with Crippen LogP contribution in [0.5, 0.6) is 0 Å². The highest BCUT2D eigenvalue weighted by Gasteiger charge is 2.09. The molecule has 1 amide bonds. The van der Waals surface area contributed by atoms with Crippen LogP contribution in [0.15, 0.2) is 18.3 Å². The van der Waals surface area contributed by atoms with Crippen LogP contribution in [-0.4, -0.2) is 32.3 Å². The van der Waals surface area contributed by atoms with Gasteiger partial charge in [-0.05, 0) is 13.0 Å². The standard InChI is InChI=1S/C11H14N6O2/c1-2-19-6-9-14-8(12)5-10(15-9)17-4-3-7(16-17)11(13)18/h3-5H,2,6H2,1H3,(H2,13,18)(H2,12,14,15). The highest BCUT2D eigenvalue weighted by molar-refractivity contribution is 5.90. The Bertz CT molecular complexity index is 595. The predicted octanol–water partition coefficient (Wildman–Crippen LogP) is -0.120. The molecule has 19 heavy (non-hydrogen) atoms. The third kappa shape index (κ3) is 3.05. The molecule has 2 aromatic heterocycles. The smallest absolute Gasteiger partial charge is 0.269 e. The van der Waals surface area contributed by atoms with Crippen molar-refractivity contribution in [2.24, 2.45) is 5.73 Å². The fourth-order valence-electron chi connectivity index (χ4n) is 1.46. The summed E-state index contributed by atoms with van der Waals surface area (Å²) in [7, 11) is 0. The Morgan fingerprint density at radius 2 is 2.26 bits per heavy atom. The molecule has 2 rings (SSSR count). The van der Waals surface area contributed by atoms with Crippen LogP contribution >= 0.6 is 0 Å². The molecule has 8 heteroatoms. The zero-order valence-corrected chi connectivity index (χ0v) is 10.4. The summed E-state index contributed by atoms with van der Waals surface area (Å²) in [5, 5.41) is 4.00. The highest BCUT2D eigenvalue weighted by Crippen LogP contribution is 2.09. The molecule has 0 saturated carbocycles. The lowest BCUT2D eigenvalue weighted by molar-refractivity contribution is 0.0995. The van der Waals surface area contributed by atoms with Crippen LogP contribution in [-0.2, 0) is 11.3 Å². The number of rotatable bonds is 5. The minimum absolute atomic E-state index is 0.156. The van der Waals surface area contributed by atoms with E-state index in [2.05, 4.69) is 15.1 Å². The number of ether oxygens (including phenoxy) is 1.